The number of ether oxygens (including phenoxy) is 1. The summed E-state index contributed by atoms with van der Waals surface area (Å²) < 4.78 is 6.76. The number of rotatable bonds is 2. The Morgan fingerprint density at radius 1 is 0.968 bits per heavy atom. The summed E-state index contributed by atoms with van der Waals surface area (Å²) in [5, 5.41) is 10.1. The molecule has 3 aromatic rings. The second-order valence-corrected chi connectivity index (χ2v) is 9.57. The number of benzene rings is 3. The Bertz CT molecular complexity index is 1160. The Morgan fingerprint density at radius 2 is 1.71 bits per heavy atom. The highest BCUT2D eigenvalue weighted by Gasteiger charge is 2.53. The van der Waals surface area contributed by atoms with Crippen LogP contribution in [-0.2, 0) is 0 Å². The van der Waals surface area contributed by atoms with E-state index in [0.717, 1.165) is 38.1 Å². The third-order valence-corrected chi connectivity index (χ3v) is 7.48. The largest absolute Gasteiger partial charge is 0.466 e. The van der Waals surface area contributed by atoms with E-state index in [0.29, 0.717) is 6.04 Å². The van der Waals surface area contributed by atoms with Crippen molar-refractivity contribution in [3.8, 4) is 5.75 Å². The quantitative estimate of drug-likeness (QED) is 0.685. The molecule has 1 spiro atoms. The van der Waals surface area contributed by atoms with Crippen LogP contribution in [-0.4, -0.2) is 35.6 Å². The first-order valence-electron chi connectivity index (χ1n) is 11.6. The highest BCUT2D eigenvalue weighted by Crippen LogP contribution is 2.49. The molecule has 0 saturated carbocycles. The van der Waals surface area contributed by atoms with Crippen LogP contribution in [0.25, 0.3) is 10.8 Å². The molecule has 3 heterocycles. The van der Waals surface area contributed by atoms with Gasteiger partial charge in [-0.05, 0) is 42.3 Å². The maximum absolute atomic E-state index is 6.76. The minimum atomic E-state index is -0.323. The number of fused-ring (bicyclic) bond motifs is 5. The lowest BCUT2D eigenvalue weighted by Gasteiger charge is -2.50. The number of piperidine rings is 1. The van der Waals surface area contributed by atoms with Crippen LogP contribution in [0.15, 0.2) is 71.8 Å². The van der Waals surface area contributed by atoms with E-state index in [2.05, 4.69) is 85.6 Å². The summed E-state index contributed by atoms with van der Waals surface area (Å²) in [7, 11) is 0. The summed E-state index contributed by atoms with van der Waals surface area (Å²) in [6.07, 6.45) is 2.96. The van der Waals surface area contributed by atoms with Crippen LogP contribution in [0.4, 0.5) is 0 Å². The average Bonchev–Trinajstić information content (AvgIpc) is 3.26. The Balaban J connectivity index is 1.40. The molecule has 1 atom stereocenters. The van der Waals surface area contributed by atoms with Crippen molar-refractivity contribution < 1.29 is 9.64 Å². The van der Waals surface area contributed by atoms with Gasteiger partial charge in [0, 0.05) is 12.0 Å². The molecule has 3 aromatic carbocycles. The van der Waals surface area contributed by atoms with E-state index in [1.807, 2.05) is 0 Å². The third kappa shape index (κ3) is 3.04. The molecule has 3 aliphatic rings. The molecule has 0 radical (unpaired) electrons. The van der Waals surface area contributed by atoms with Crippen LogP contribution in [0.2, 0.25) is 0 Å². The predicted octanol–water partition coefficient (Wildman–Crippen LogP) is 4.17. The van der Waals surface area contributed by atoms with Crippen LogP contribution >= 0.6 is 0 Å². The zero-order chi connectivity index (χ0) is 21.0. The first-order chi connectivity index (χ1) is 15.1. The molecular formula is C27H30N3O+. The highest BCUT2D eigenvalue weighted by atomic mass is 16.5. The van der Waals surface area contributed by atoms with Gasteiger partial charge in [0.2, 0.25) is 5.72 Å². The molecule has 0 bridgehead atoms. The van der Waals surface area contributed by atoms with Crippen molar-refractivity contribution in [2.45, 2.75) is 50.9 Å². The summed E-state index contributed by atoms with van der Waals surface area (Å²) in [5.41, 5.74) is 3.35. The molecule has 4 nitrogen and oxygen atoms in total. The lowest BCUT2D eigenvalue weighted by molar-refractivity contribution is -0.929. The van der Waals surface area contributed by atoms with E-state index in [1.54, 1.807) is 4.90 Å². The summed E-state index contributed by atoms with van der Waals surface area (Å²) in [5.74, 6) is 1.05. The topological polar surface area (TPSA) is 29.3 Å². The van der Waals surface area contributed by atoms with Gasteiger partial charge >= 0.3 is 0 Å². The number of hydrogen-bond donors (Lipinski definition) is 1. The number of nitrogens with zero attached hydrogens (tertiary/aromatic N) is 2. The number of nitrogens with one attached hydrogen (secondary N) is 1. The summed E-state index contributed by atoms with van der Waals surface area (Å²) >= 11 is 0. The number of quaternary nitrogens is 1. The highest BCUT2D eigenvalue weighted by molar-refractivity contribution is 6.04. The van der Waals surface area contributed by atoms with Gasteiger partial charge < -0.3 is 9.64 Å². The minimum absolute atomic E-state index is 0.257. The van der Waals surface area contributed by atoms with E-state index < -0.39 is 0 Å². The fourth-order valence-electron chi connectivity index (χ4n) is 5.64. The summed E-state index contributed by atoms with van der Waals surface area (Å²) in [4.78, 5) is 1.67. The van der Waals surface area contributed by atoms with Gasteiger partial charge in [0.05, 0.1) is 43.7 Å². The van der Waals surface area contributed by atoms with E-state index >= 15 is 0 Å². The lowest BCUT2D eigenvalue weighted by atomic mass is 9.90. The molecular weight excluding hydrogens is 382 g/mol. The molecule has 0 amide bonds. The second kappa shape index (κ2) is 7.10. The molecule has 1 saturated heterocycles. The van der Waals surface area contributed by atoms with Crippen molar-refractivity contribution in [1.29, 1.82) is 0 Å². The van der Waals surface area contributed by atoms with Crippen molar-refractivity contribution >= 4 is 16.5 Å². The Kier molecular flexibility index (Phi) is 4.32. The standard InChI is InChI=1S/C27H29N3O/c1-19(2)29-15-13-27(14-16-29)30-25(23-9-5-6-10-26(23)31-27)18-24(28-30)22-12-11-20-7-3-4-8-21(20)17-22/h3-12,17,19,25H,13-16,18H2,1-2H3/p+1/t25-/m1/s1. The fraction of sp³-hybridized carbons (Fsp3) is 0.370. The Hall–Kier alpha value is -2.85. The smallest absolute Gasteiger partial charge is 0.208 e. The SMILES string of the molecule is CC(C)[NH+]1CCC2(CC1)Oc1ccccc1[C@H]1CC(c3ccc4ccccc4c3)=NN12. The van der Waals surface area contributed by atoms with Crippen LogP contribution in [0.5, 0.6) is 5.75 Å². The van der Waals surface area contributed by atoms with Gasteiger partial charge in [-0.3, -0.25) is 0 Å². The van der Waals surface area contributed by atoms with Gasteiger partial charge in [-0.15, -0.1) is 0 Å². The van der Waals surface area contributed by atoms with E-state index in [-0.39, 0.29) is 11.8 Å². The van der Waals surface area contributed by atoms with Crippen LogP contribution < -0.4 is 9.64 Å². The fourth-order valence-corrected chi connectivity index (χ4v) is 5.64. The van der Waals surface area contributed by atoms with Crippen LogP contribution in [0.1, 0.15) is 50.3 Å². The second-order valence-electron chi connectivity index (χ2n) is 9.57. The normalized spacial score (nSPS) is 27.2. The first-order valence-corrected chi connectivity index (χ1v) is 11.6. The maximum atomic E-state index is 6.76. The van der Waals surface area contributed by atoms with E-state index in [1.165, 1.54) is 27.6 Å². The number of para-hydroxylation sites is 1. The van der Waals surface area contributed by atoms with Crippen molar-refractivity contribution in [1.82, 2.24) is 5.01 Å². The molecule has 6 rings (SSSR count). The maximum Gasteiger partial charge on any atom is 0.208 e. The average molecular weight is 413 g/mol. The van der Waals surface area contributed by atoms with Crippen molar-refractivity contribution in [3.05, 3.63) is 77.9 Å². The lowest BCUT2D eigenvalue weighted by Crippen LogP contribution is -3.16. The molecule has 3 aliphatic heterocycles. The van der Waals surface area contributed by atoms with Gasteiger partial charge in [-0.25, -0.2) is 5.01 Å². The van der Waals surface area contributed by atoms with Gasteiger partial charge in [0.15, 0.2) is 0 Å². The molecule has 1 N–H and O–H groups in total. The molecule has 31 heavy (non-hydrogen) atoms. The van der Waals surface area contributed by atoms with Crippen molar-refractivity contribution in [2.24, 2.45) is 5.10 Å². The van der Waals surface area contributed by atoms with Gasteiger partial charge in [0.25, 0.3) is 0 Å². The predicted molar refractivity (Wildman–Crippen MR) is 125 cm³/mol. The molecule has 1 fully saturated rings. The summed E-state index contributed by atoms with van der Waals surface area (Å²) in [6.45, 7) is 6.89. The van der Waals surface area contributed by atoms with Crippen LogP contribution in [0, 0.1) is 0 Å². The first kappa shape index (κ1) is 18.9. The Morgan fingerprint density at radius 3 is 2.52 bits per heavy atom. The van der Waals surface area contributed by atoms with Crippen molar-refractivity contribution in [3.63, 3.8) is 0 Å². The zero-order valence-electron chi connectivity index (χ0n) is 18.3. The van der Waals surface area contributed by atoms with E-state index in [4.69, 9.17) is 9.84 Å². The minimum Gasteiger partial charge on any atom is -0.466 e. The number of hydrazone groups is 1. The summed E-state index contributed by atoms with van der Waals surface area (Å²) in [6, 6.07) is 24.8. The number of likely N-dealkylation sites (tertiary alicyclic amines) is 1. The van der Waals surface area contributed by atoms with Crippen LogP contribution in [0.3, 0.4) is 0 Å². The van der Waals surface area contributed by atoms with Gasteiger partial charge in [-0.1, -0.05) is 54.6 Å². The monoisotopic (exact) mass is 412 g/mol. The molecule has 0 unspecified atom stereocenters. The van der Waals surface area contributed by atoms with Gasteiger partial charge in [0.1, 0.15) is 5.75 Å². The number of hydrogen-bond acceptors (Lipinski definition) is 3. The van der Waals surface area contributed by atoms with E-state index in [9.17, 15) is 0 Å². The van der Waals surface area contributed by atoms with Gasteiger partial charge in [-0.2, -0.15) is 5.10 Å². The van der Waals surface area contributed by atoms with Crippen molar-refractivity contribution in [2.75, 3.05) is 13.1 Å². The Labute approximate surface area is 184 Å². The molecule has 0 aromatic heterocycles. The molecule has 0 aliphatic carbocycles. The molecule has 158 valence electrons. The zero-order valence-corrected chi connectivity index (χ0v) is 18.3. The molecule has 4 heteroatoms. The third-order valence-electron chi connectivity index (χ3n) is 7.48.